The van der Waals surface area contributed by atoms with Crippen molar-refractivity contribution in [3.8, 4) is 11.4 Å². The van der Waals surface area contributed by atoms with Crippen LogP contribution >= 0.6 is 11.3 Å². The molecule has 7 heteroatoms. The number of nitrogens with zero attached hydrogens (tertiary/aromatic N) is 4. The number of carbonyl (C=O) groups excluding carboxylic acids is 1. The highest BCUT2D eigenvalue weighted by molar-refractivity contribution is 7.08. The van der Waals surface area contributed by atoms with E-state index in [1.165, 1.54) is 0 Å². The number of rotatable bonds is 5. The Morgan fingerprint density at radius 1 is 1.38 bits per heavy atom. The van der Waals surface area contributed by atoms with Crippen molar-refractivity contribution in [1.29, 1.82) is 0 Å². The highest BCUT2D eigenvalue weighted by atomic mass is 32.1. The van der Waals surface area contributed by atoms with Crippen LogP contribution in [0.1, 0.15) is 24.3 Å². The average molecular weight is 368 g/mol. The number of thiophene rings is 1. The lowest BCUT2D eigenvalue weighted by Crippen LogP contribution is -2.41. The van der Waals surface area contributed by atoms with Gasteiger partial charge in [0.25, 0.3) is 0 Å². The molecule has 1 aliphatic rings. The summed E-state index contributed by atoms with van der Waals surface area (Å²) in [6, 6.07) is 5.79. The predicted octanol–water partition coefficient (Wildman–Crippen LogP) is 3.22. The van der Waals surface area contributed by atoms with Crippen LogP contribution in [0.2, 0.25) is 0 Å². The molecule has 0 aromatic carbocycles. The number of aromatic nitrogens is 3. The van der Waals surface area contributed by atoms with Crippen LogP contribution in [0, 0.1) is 5.92 Å². The van der Waals surface area contributed by atoms with Gasteiger partial charge in [-0.05, 0) is 41.8 Å². The number of hydrogen-bond acceptors (Lipinski definition) is 6. The van der Waals surface area contributed by atoms with E-state index in [0.29, 0.717) is 30.5 Å². The monoisotopic (exact) mass is 368 g/mol. The summed E-state index contributed by atoms with van der Waals surface area (Å²) in [5.74, 6) is 1.81. The molecular weight excluding hydrogens is 348 g/mol. The van der Waals surface area contributed by atoms with Gasteiger partial charge in [0.2, 0.25) is 17.6 Å². The van der Waals surface area contributed by atoms with Gasteiger partial charge in [0.05, 0.1) is 6.42 Å². The Morgan fingerprint density at radius 2 is 2.35 bits per heavy atom. The lowest BCUT2D eigenvalue weighted by molar-refractivity contribution is -0.132. The zero-order valence-electron chi connectivity index (χ0n) is 14.4. The normalized spacial score (nSPS) is 17.4. The molecule has 3 aromatic rings. The number of hydrogen-bond donors (Lipinski definition) is 0. The van der Waals surface area contributed by atoms with E-state index >= 15 is 0 Å². The first-order valence-electron chi connectivity index (χ1n) is 8.80. The molecule has 0 saturated carbocycles. The molecule has 1 unspecified atom stereocenters. The molecule has 4 rings (SSSR count). The molecule has 6 nitrogen and oxygen atoms in total. The first-order valence-corrected chi connectivity index (χ1v) is 9.74. The summed E-state index contributed by atoms with van der Waals surface area (Å²) in [5.41, 5.74) is 1.94. The first kappa shape index (κ1) is 16.9. The van der Waals surface area contributed by atoms with E-state index in [4.69, 9.17) is 4.52 Å². The Kier molecular flexibility index (Phi) is 5.06. The van der Waals surface area contributed by atoms with Crippen LogP contribution in [-0.2, 0) is 17.6 Å². The second-order valence-corrected chi connectivity index (χ2v) is 7.39. The Balaban J connectivity index is 1.35. The van der Waals surface area contributed by atoms with Crippen LogP contribution in [0.3, 0.4) is 0 Å². The van der Waals surface area contributed by atoms with Crippen molar-refractivity contribution in [2.45, 2.75) is 25.7 Å². The van der Waals surface area contributed by atoms with Crippen molar-refractivity contribution in [3.63, 3.8) is 0 Å². The van der Waals surface area contributed by atoms with Crippen molar-refractivity contribution < 1.29 is 9.32 Å². The van der Waals surface area contributed by atoms with Crippen molar-refractivity contribution in [3.05, 3.63) is 52.8 Å². The lowest BCUT2D eigenvalue weighted by atomic mass is 9.94. The molecule has 1 aliphatic heterocycles. The molecule has 1 atom stereocenters. The van der Waals surface area contributed by atoms with Gasteiger partial charge in [-0.3, -0.25) is 9.78 Å². The fraction of sp³-hybridized carbons (Fsp3) is 0.368. The van der Waals surface area contributed by atoms with Gasteiger partial charge in [-0.2, -0.15) is 16.3 Å². The Morgan fingerprint density at radius 3 is 3.15 bits per heavy atom. The Bertz CT molecular complexity index is 848. The van der Waals surface area contributed by atoms with E-state index < -0.39 is 0 Å². The van der Waals surface area contributed by atoms with Crippen LogP contribution in [0.25, 0.3) is 11.4 Å². The van der Waals surface area contributed by atoms with Crippen LogP contribution in [0.5, 0.6) is 0 Å². The second kappa shape index (κ2) is 7.78. The van der Waals surface area contributed by atoms with Crippen molar-refractivity contribution in [1.82, 2.24) is 20.0 Å². The lowest BCUT2D eigenvalue weighted by Gasteiger charge is -2.32. The topological polar surface area (TPSA) is 72.1 Å². The number of likely N-dealkylation sites (tertiary alicyclic amines) is 1. The smallest absolute Gasteiger partial charge is 0.227 e. The van der Waals surface area contributed by atoms with E-state index in [-0.39, 0.29) is 5.91 Å². The standard InChI is InChI=1S/C19H20N4O2S/c24-18(10-14-3-1-6-20-11-14)23-7-2-4-15(12-23)9-17-21-19(22-25-17)16-5-8-26-13-16/h1,3,5-6,8,11,13,15H,2,4,7,9-10,12H2. The third-order valence-corrected chi connectivity index (χ3v) is 5.34. The summed E-state index contributed by atoms with van der Waals surface area (Å²) < 4.78 is 5.41. The molecule has 134 valence electrons. The fourth-order valence-electron chi connectivity index (χ4n) is 3.34. The van der Waals surface area contributed by atoms with Gasteiger partial charge in [-0.1, -0.05) is 11.2 Å². The molecule has 1 amide bonds. The van der Waals surface area contributed by atoms with Gasteiger partial charge in [0.15, 0.2) is 0 Å². The van der Waals surface area contributed by atoms with E-state index in [1.807, 2.05) is 33.9 Å². The van der Waals surface area contributed by atoms with Gasteiger partial charge in [0, 0.05) is 42.8 Å². The summed E-state index contributed by atoms with van der Waals surface area (Å²) in [5, 5.41) is 8.07. The number of pyridine rings is 1. The van der Waals surface area contributed by atoms with Crippen molar-refractivity contribution >= 4 is 17.2 Å². The predicted molar refractivity (Wildman–Crippen MR) is 98.6 cm³/mol. The molecule has 3 aromatic heterocycles. The third kappa shape index (κ3) is 3.99. The van der Waals surface area contributed by atoms with E-state index in [0.717, 1.165) is 37.1 Å². The van der Waals surface area contributed by atoms with Crippen LogP contribution in [-0.4, -0.2) is 39.0 Å². The van der Waals surface area contributed by atoms with Gasteiger partial charge >= 0.3 is 0 Å². The minimum atomic E-state index is 0.159. The molecular formula is C19H20N4O2S. The highest BCUT2D eigenvalue weighted by Crippen LogP contribution is 2.23. The minimum absolute atomic E-state index is 0.159. The molecule has 0 spiro atoms. The summed E-state index contributed by atoms with van der Waals surface area (Å²) in [4.78, 5) is 23.1. The summed E-state index contributed by atoms with van der Waals surface area (Å²) in [7, 11) is 0. The zero-order chi connectivity index (χ0) is 17.8. The van der Waals surface area contributed by atoms with E-state index in [1.54, 1.807) is 23.7 Å². The maximum atomic E-state index is 12.6. The quantitative estimate of drug-likeness (QED) is 0.691. The average Bonchev–Trinajstić information content (AvgIpc) is 3.34. The minimum Gasteiger partial charge on any atom is -0.342 e. The maximum Gasteiger partial charge on any atom is 0.227 e. The van der Waals surface area contributed by atoms with Gasteiger partial charge < -0.3 is 9.42 Å². The zero-order valence-corrected chi connectivity index (χ0v) is 15.2. The molecule has 0 N–H and O–H groups in total. The molecule has 4 heterocycles. The molecule has 1 fully saturated rings. The highest BCUT2D eigenvalue weighted by Gasteiger charge is 2.25. The molecule has 26 heavy (non-hydrogen) atoms. The van der Waals surface area contributed by atoms with Crippen LogP contribution in [0.4, 0.5) is 0 Å². The van der Waals surface area contributed by atoms with Crippen LogP contribution < -0.4 is 0 Å². The van der Waals surface area contributed by atoms with E-state index in [9.17, 15) is 4.79 Å². The number of carbonyl (C=O) groups is 1. The van der Waals surface area contributed by atoms with Gasteiger partial charge in [-0.15, -0.1) is 0 Å². The first-order chi connectivity index (χ1) is 12.8. The molecule has 0 bridgehead atoms. The van der Waals surface area contributed by atoms with Crippen molar-refractivity contribution in [2.75, 3.05) is 13.1 Å². The summed E-state index contributed by atoms with van der Waals surface area (Å²) >= 11 is 1.61. The summed E-state index contributed by atoms with van der Waals surface area (Å²) in [6.45, 7) is 1.56. The van der Waals surface area contributed by atoms with Crippen molar-refractivity contribution in [2.24, 2.45) is 5.92 Å². The maximum absolute atomic E-state index is 12.6. The SMILES string of the molecule is O=C(Cc1cccnc1)N1CCCC(Cc2nc(-c3ccsc3)no2)C1. The Labute approximate surface area is 155 Å². The van der Waals surface area contributed by atoms with E-state index in [2.05, 4.69) is 15.1 Å². The second-order valence-electron chi connectivity index (χ2n) is 6.61. The van der Waals surface area contributed by atoms with Crippen LogP contribution in [0.15, 0.2) is 45.9 Å². The summed E-state index contributed by atoms with van der Waals surface area (Å²) in [6.07, 6.45) is 6.68. The fourth-order valence-corrected chi connectivity index (χ4v) is 3.98. The van der Waals surface area contributed by atoms with Gasteiger partial charge in [0.1, 0.15) is 0 Å². The Hall–Kier alpha value is -2.54. The largest absolute Gasteiger partial charge is 0.342 e. The molecule has 1 saturated heterocycles. The number of amides is 1. The third-order valence-electron chi connectivity index (χ3n) is 4.66. The molecule has 0 aliphatic carbocycles. The van der Waals surface area contributed by atoms with Gasteiger partial charge in [-0.25, -0.2) is 0 Å². The molecule has 0 radical (unpaired) electrons. The number of piperidine rings is 1.